The van der Waals surface area contributed by atoms with Crippen LogP contribution in [-0.4, -0.2) is 15.9 Å². The largest absolute Gasteiger partial charge is 0.337 e. The zero-order valence-electron chi connectivity index (χ0n) is 11.3. The van der Waals surface area contributed by atoms with Crippen molar-refractivity contribution < 1.29 is 4.52 Å². The molecule has 102 valence electrons. The van der Waals surface area contributed by atoms with Gasteiger partial charge in [-0.05, 0) is 37.4 Å². The molecule has 0 unspecified atom stereocenters. The van der Waals surface area contributed by atoms with Crippen molar-refractivity contribution in [2.24, 2.45) is 11.7 Å². The maximum Gasteiger partial charge on any atom is 0.246 e. The Bertz CT molecular complexity index is 372. The summed E-state index contributed by atoms with van der Waals surface area (Å²) in [7, 11) is 0. The van der Waals surface area contributed by atoms with Crippen LogP contribution in [0.25, 0.3) is 0 Å². The lowest BCUT2D eigenvalue weighted by Crippen LogP contribution is -2.40. The van der Waals surface area contributed by atoms with Crippen LogP contribution < -0.4 is 5.73 Å². The smallest absolute Gasteiger partial charge is 0.246 e. The quantitative estimate of drug-likeness (QED) is 0.890. The first-order chi connectivity index (χ1) is 8.68. The molecule has 0 aromatic carbocycles. The minimum Gasteiger partial charge on any atom is -0.337 e. The topological polar surface area (TPSA) is 64.9 Å². The van der Waals surface area contributed by atoms with Crippen LogP contribution in [0.5, 0.6) is 0 Å². The highest BCUT2D eigenvalue weighted by molar-refractivity contribution is 7.98. The number of hydrogen-bond donors (Lipinski definition) is 1. The van der Waals surface area contributed by atoms with E-state index in [-0.39, 0.29) is 5.54 Å². The van der Waals surface area contributed by atoms with Crippen LogP contribution in [0, 0.1) is 5.92 Å². The summed E-state index contributed by atoms with van der Waals surface area (Å²) >= 11 is 1.80. The molecule has 1 heterocycles. The van der Waals surface area contributed by atoms with Crippen molar-refractivity contribution in [2.75, 3.05) is 5.75 Å². The summed E-state index contributed by atoms with van der Waals surface area (Å²) in [6, 6.07) is 0. The zero-order valence-corrected chi connectivity index (χ0v) is 12.1. The Hall–Kier alpha value is -0.550. The Balaban J connectivity index is 1.99. The van der Waals surface area contributed by atoms with Gasteiger partial charge in [-0.15, -0.1) is 0 Å². The SMILES string of the molecule is CCSCc1noc(C2(N)CCC(CC)CC2)n1. The molecule has 0 radical (unpaired) electrons. The molecule has 0 atom stereocenters. The Morgan fingerprint density at radius 1 is 1.39 bits per heavy atom. The van der Waals surface area contributed by atoms with Crippen LogP contribution in [0.3, 0.4) is 0 Å². The fraction of sp³-hybridized carbons (Fsp3) is 0.846. The standard InChI is InChI=1S/C13H23N3OS/c1-3-10-5-7-13(14,8-6-10)12-15-11(16-17-12)9-18-4-2/h10H,3-9,14H2,1-2H3. The van der Waals surface area contributed by atoms with E-state index < -0.39 is 0 Å². The Morgan fingerprint density at radius 2 is 2.11 bits per heavy atom. The summed E-state index contributed by atoms with van der Waals surface area (Å²) < 4.78 is 5.37. The van der Waals surface area contributed by atoms with E-state index in [9.17, 15) is 0 Å². The van der Waals surface area contributed by atoms with Crippen LogP contribution in [0.2, 0.25) is 0 Å². The Kier molecular flexibility index (Phi) is 4.67. The van der Waals surface area contributed by atoms with E-state index in [4.69, 9.17) is 10.3 Å². The summed E-state index contributed by atoms with van der Waals surface area (Å²) in [4.78, 5) is 4.47. The van der Waals surface area contributed by atoms with Crippen molar-refractivity contribution in [1.29, 1.82) is 0 Å². The van der Waals surface area contributed by atoms with Gasteiger partial charge in [0, 0.05) is 0 Å². The fourth-order valence-electron chi connectivity index (χ4n) is 2.52. The zero-order chi connectivity index (χ0) is 13.0. The van der Waals surface area contributed by atoms with E-state index >= 15 is 0 Å². The maximum absolute atomic E-state index is 6.44. The highest BCUT2D eigenvalue weighted by Gasteiger charge is 2.37. The first-order valence-corrected chi connectivity index (χ1v) is 8.03. The first-order valence-electron chi connectivity index (χ1n) is 6.87. The minimum atomic E-state index is -0.381. The van der Waals surface area contributed by atoms with E-state index in [1.807, 2.05) is 0 Å². The first kappa shape index (κ1) is 13.9. The third-order valence-electron chi connectivity index (χ3n) is 3.90. The summed E-state index contributed by atoms with van der Waals surface area (Å²) in [5.41, 5.74) is 6.06. The average molecular weight is 269 g/mol. The van der Waals surface area contributed by atoms with Crippen LogP contribution >= 0.6 is 11.8 Å². The van der Waals surface area contributed by atoms with Crippen LogP contribution in [0.15, 0.2) is 4.52 Å². The molecule has 0 amide bonds. The molecule has 0 aliphatic heterocycles. The van der Waals surface area contributed by atoms with Gasteiger partial charge in [0.15, 0.2) is 5.82 Å². The van der Waals surface area contributed by atoms with Gasteiger partial charge in [0.05, 0.1) is 11.3 Å². The molecule has 1 fully saturated rings. The van der Waals surface area contributed by atoms with Gasteiger partial charge in [-0.1, -0.05) is 25.4 Å². The lowest BCUT2D eigenvalue weighted by atomic mass is 9.76. The Morgan fingerprint density at radius 3 is 2.72 bits per heavy atom. The number of aromatic nitrogens is 2. The van der Waals surface area contributed by atoms with Gasteiger partial charge < -0.3 is 10.3 Å². The molecule has 4 nitrogen and oxygen atoms in total. The van der Waals surface area contributed by atoms with Crippen LogP contribution in [0.4, 0.5) is 0 Å². The second-order valence-corrected chi connectivity index (χ2v) is 6.43. The van der Waals surface area contributed by atoms with E-state index in [0.29, 0.717) is 5.89 Å². The molecular weight excluding hydrogens is 246 g/mol. The summed E-state index contributed by atoms with van der Waals surface area (Å²) in [5.74, 6) is 4.12. The molecule has 1 aliphatic rings. The number of nitrogens with zero attached hydrogens (tertiary/aromatic N) is 2. The lowest BCUT2D eigenvalue weighted by molar-refractivity contribution is 0.181. The highest BCUT2D eigenvalue weighted by Crippen LogP contribution is 2.37. The molecule has 0 saturated heterocycles. The molecule has 1 aromatic rings. The van der Waals surface area contributed by atoms with Crippen LogP contribution in [-0.2, 0) is 11.3 Å². The number of rotatable bonds is 5. The summed E-state index contributed by atoms with van der Waals surface area (Å²) in [6.07, 6.45) is 5.53. The van der Waals surface area contributed by atoms with E-state index in [1.54, 1.807) is 11.8 Å². The minimum absolute atomic E-state index is 0.381. The molecule has 0 spiro atoms. The predicted octanol–water partition coefficient (Wildman–Crippen LogP) is 3.08. The average Bonchev–Trinajstić information content (AvgIpc) is 2.87. The molecule has 1 aliphatic carbocycles. The predicted molar refractivity (Wildman–Crippen MR) is 74.2 cm³/mol. The molecule has 0 bridgehead atoms. The molecular formula is C13H23N3OS. The molecule has 18 heavy (non-hydrogen) atoms. The van der Waals surface area contributed by atoms with E-state index in [2.05, 4.69) is 24.0 Å². The van der Waals surface area contributed by atoms with Crippen molar-refractivity contribution >= 4 is 11.8 Å². The van der Waals surface area contributed by atoms with Crippen molar-refractivity contribution in [3.63, 3.8) is 0 Å². The molecule has 2 rings (SSSR count). The summed E-state index contributed by atoms with van der Waals surface area (Å²) in [6.45, 7) is 4.38. The maximum atomic E-state index is 6.44. The molecule has 2 N–H and O–H groups in total. The second-order valence-electron chi connectivity index (χ2n) is 5.16. The van der Waals surface area contributed by atoms with Crippen molar-refractivity contribution in [2.45, 2.75) is 57.2 Å². The van der Waals surface area contributed by atoms with Crippen molar-refractivity contribution in [3.05, 3.63) is 11.7 Å². The second kappa shape index (κ2) is 6.06. The van der Waals surface area contributed by atoms with E-state index in [1.165, 1.54) is 19.3 Å². The number of thioether (sulfide) groups is 1. The normalized spacial score (nSPS) is 28.5. The molecule has 1 aromatic heterocycles. The monoisotopic (exact) mass is 269 g/mol. The van der Waals surface area contributed by atoms with Gasteiger partial charge in [-0.3, -0.25) is 0 Å². The molecule has 1 saturated carbocycles. The third kappa shape index (κ3) is 3.06. The van der Waals surface area contributed by atoms with Crippen molar-refractivity contribution in [1.82, 2.24) is 10.1 Å². The highest BCUT2D eigenvalue weighted by atomic mass is 32.2. The van der Waals surface area contributed by atoms with Crippen molar-refractivity contribution in [3.8, 4) is 0 Å². The third-order valence-corrected chi connectivity index (χ3v) is 4.77. The lowest BCUT2D eigenvalue weighted by Gasteiger charge is -2.33. The van der Waals surface area contributed by atoms with E-state index in [0.717, 1.165) is 36.1 Å². The number of hydrogen-bond acceptors (Lipinski definition) is 5. The van der Waals surface area contributed by atoms with Gasteiger partial charge in [0.2, 0.25) is 5.89 Å². The van der Waals surface area contributed by atoms with Gasteiger partial charge in [0.25, 0.3) is 0 Å². The van der Waals surface area contributed by atoms with Gasteiger partial charge in [-0.25, -0.2) is 0 Å². The molecule has 5 heteroatoms. The fourth-order valence-corrected chi connectivity index (χ4v) is 3.03. The van der Waals surface area contributed by atoms with Gasteiger partial charge in [0.1, 0.15) is 0 Å². The van der Waals surface area contributed by atoms with Gasteiger partial charge in [-0.2, -0.15) is 16.7 Å². The van der Waals surface area contributed by atoms with Crippen LogP contribution in [0.1, 0.15) is 57.7 Å². The Labute approximate surface area is 113 Å². The summed E-state index contributed by atoms with van der Waals surface area (Å²) in [5, 5.41) is 4.03. The van der Waals surface area contributed by atoms with Gasteiger partial charge >= 0.3 is 0 Å². The number of nitrogens with two attached hydrogens (primary N) is 1.